The molecular weight excluding hydrogens is 494 g/mol. The monoisotopic (exact) mass is 551 g/mol. The summed E-state index contributed by atoms with van der Waals surface area (Å²) in [6, 6.07) is 2.05. The number of aromatic nitrogens is 1. The fourth-order valence-electron chi connectivity index (χ4n) is 6.64. The molecule has 1 aromatic heterocycles. The van der Waals surface area contributed by atoms with E-state index in [1.807, 2.05) is 12.4 Å². The molecule has 1 aliphatic rings. The fourth-order valence-corrected chi connectivity index (χ4v) is 6.64. The van der Waals surface area contributed by atoms with Gasteiger partial charge in [-0.05, 0) is 87.7 Å². The largest absolute Gasteiger partial charge is 0.481 e. The molecular formula is C32H57NO6. The second kappa shape index (κ2) is 18.8. The Morgan fingerprint density at radius 2 is 1.59 bits per heavy atom. The van der Waals surface area contributed by atoms with Crippen molar-refractivity contribution in [2.75, 3.05) is 6.61 Å². The number of hydrogen-bond acceptors (Lipinski definition) is 5. The molecule has 6 atom stereocenters. The van der Waals surface area contributed by atoms with Crippen molar-refractivity contribution in [1.82, 2.24) is 4.98 Å². The van der Waals surface area contributed by atoms with Crippen molar-refractivity contribution in [3.05, 3.63) is 24.0 Å². The minimum Gasteiger partial charge on any atom is -0.481 e. The highest BCUT2D eigenvalue weighted by Gasteiger charge is 2.44. The van der Waals surface area contributed by atoms with Crippen LogP contribution in [0.15, 0.2) is 18.5 Å². The topological polar surface area (TPSA) is 134 Å². The van der Waals surface area contributed by atoms with Gasteiger partial charge in [0, 0.05) is 19.0 Å². The molecule has 1 saturated carbocycles. The second-order valence-corrected chi connectivity index (χ2v) is 12.3. The number of hydrogen-bond donors (Lipinski definition) is 6. The quantitative estimate of drug-likeness (QED) is 0.0925. The standard InChI is InChI=1S/C32H57NO6/c1-2-3-4-5-8-13-28(35)14-9-6-7-10-15-29(31(37)38)30(36)16-18-32(39)22-26(12-11-20-34)27(23-32)21-25-17-19-33-24-25/h17,19,24,26-30,33-36,39H,2-16,18,20-23H2,1H3,(H,37,38). The molecule has 0 amide bonds. The first-order chi connectivity index (χ1) is 18.8. The van der Waals surface area contributed by atoms with E-state index < -0.39 is 23.6 Å². The van der Waals surface area contributed by atoms with Gasteiger partial charge in [0.2, 0.25) is 0 Å². The van der Waals surface area contributed by atoms with E-state index in [2.05, 4.69) is 18.0 Å². The molecule has 0 saturated heterocycles. The normalized spacial score (nSPS) is 23.6. The number of aliphatic hydroxyl groups excluding tert-OH is 3. The third-order valence-electron chi connectivity index (χ3n) is 8.97. The van der Waals surface area contributed by atoms with Crippen LogP contribution in [0.2, 0.25) is 0 Å². The number of H-pyrrole nitrogens is 1. The molecule has 6 N–H and O–H groups in total. The summed E-state index contributed by atoms with van der Waals surface area (Å²) in [5, 5.41) is 51.4. The van der Waals surface area contributed by atoms with Crippen molar-refractivity contribution >= 4 is 5.97 Å². The van der Waals surface area contributed by atoms with Crippen LogP contribution in [-0.4, -0.2) is 60.9 Å². The highest BCUT2D eigenvalue weighted by molar-refractivity contribution is 5.70. The number of aromatic amines is 1. The van der Waals surface area contributed by atoms with E-state index in [0.717, 1.165) is 57.8 Å². The molecule has 7 heteroatoms. The second-order valence-electron chi connectivity index (χ2n) is 12.3. The summed E-state index contributed by atoms with van der Waals surface area (Å²) in [5.41, 5.74) is 0.309. The molecule has 0 aliphatic heterocycles. The minimum atomic E-state index is -0.972. The molecule has 1 fully saturated rings. The molecule has 2 rings (SSSR count). The summed E-state index contributed by atoms with van der Waals surface area (Å²) < 4.78 is 0. The zero-order valence-electron chi connectivity index (χ0n) is 24.4. The van der Waals surface area contributed by atoms with Gasteiger partial charge in [0.1, 0.15) is 0 Å². The predicted molar refractivity (Wildman–Crippen MR) is 155 cm³/mol. The smallest absolute Gasteiger partial charge is 0.309 e. The molecule has 0 radical (unpaired) electrons. The lowest BCUT2D eigenvalue weighted by Crippen LogP contribution is -2.32. The third kappa shape index (κ3) is 13.2. The Balaban J connectivity index is 1.70. The van der Waals surface area contributed by atoms with Crippen molar-refractivity contribution in [3.8, 4) is 0 Å². The number of carboxylic acid groups (broad SMARTS) is 1. The molecule has 1 aliphatic carbocycles. The summed E-state index contributed by atoms with van der Waals surface area (Å²) in [6.45, 7) is 2.34. The van der Waals surface area contributed by atoms with Gasteiger partial charge < -0.3 is 30.5 Å². The van der Waals surface area contributed by atoms with Gasteiger partial charge in [0.25, 0.3) is 0 Å². The van der Waals surface area contributed by atoms with Crippen LogP contribution in [0.1, 0.15) is 128 Å². The molecule has 1 heterocycles. The van der Waals surface area contributed by atoms with Crippen LogP contribution in [0.25, 0.3) is 0 Å². The van der Waals surface area contributed by atoms with Crippen molar-refractivity contribution in [2.24, 2.45) is 17.8 Å². The molecule has 0 aromatic carbocycles. The van der Waals surface area contributed by atoms with Crippen LogP contribution in [-0.2, 0) is 11.2 Å². The maximum atomic E-state index is 11.9. The highest BCUT2D eigenvalue weighted by atomic mass is 16.4. The van der Waals surface area contributed by atoms with Gasteiger partial charge in [0.05, 0.1) is 23.7 Å². The van der Waals surface area contributed by atoms with Crippen LogP contribution >= 0.6 is 0 Å². The van der Waals surface area contributed by atoms with Gasteiger partial charge >= 0.3 is 5.97 Å². The Morgan fingerprint density at radius 1 is 0.949 bits per heavy atom. The highest BCUT2D eigenvalue weighted by Crippen LogP contribution is 2.46. The van der Waals surface area contributed by atoms with Gasteiger partial charge in [0.15, 0.2) is 0 Å². The van der Waals surface area contributed by atoms with E-state index in [-0.39, 0.29) is 19.1 Å². The van der Waals surface area contributed by atoms with Crippen LogP contribution in [0.5, 0.6) is 0 Å². The first-order valence-electron chi connectivity index (χ1n) is 15.8. The average Bonchev–Trinajstić information content (AvgIpc) is 3.53. The van der Waals surface area contributed by atoms with Crippen LogP contribution < -0.4 is 0 Å². The van der Waals surface area contributed by atoms with Crippen molar-refractivity contribution in [1.29, 1.82) is 0 Å². The molecule has 0 bridgehead atoms. The lowest BCUT2D eigenvalue weighted by molar-refractivity contribution is -0.146. The third-order valence-corrected chi connectivity index (χ3v) is 8.97. The number of nitrogens with one attached hydrogen (secondary N) is 1. The van der Waals surface area contributed by atoms with E-state index in [1.165, 1.54) is 31.2 Å². The first-order valence-corrected chi connectivity index (χ1v) is 15.8. The van der Waals surface area contributed by atoms with Gasteiger partial charge in [-0.25, -0.2) is 0 Å². The number of rotatable bonds is 23. The molecule has 226 valence electrons. The minimum absolute atomic E-state index is 0.143. The molecule has 0 spiro atoms. The van der Waals surface area contributed by atoms with Gasteiger partial charge in [-0.2, -0.15) is 0 Å². The number of aliphatic carboxylic acids is 1. The zero-order valence-corrected chi connectivity index (χ0v) is 24.4. The summed E-state index contributed by atoms with van der Waals surface area (Å²) in [4.78, 5) is 15.0. The number of unbranched alkanes of at least 4 members (excludes halogenated alkanes) is 7. The molecule has 6 unspecified atom stereocenters. The first kappa shape index (κ1) is 33.8. The van der Waals surface area contributed by atoms with Crippen LogP contribution in [0.4, 0.5) is 0 Å². The van der Waals surface area contributed by atoms with Crippen molar-refractivity contribution in [3.63, 3.8) is 0 Å². The van der Waals surface area contributed by atoms with Crippen molar-refractivity contribution in [2.45, 2.75) is 147 Å². The van der Waals surface area contributed by atoms with E-state index in [9.17, 15) is 30.3 Å². The molecule has 1 aromatic rings. The Morgan fingerprint density at radius 3 is 2.18 bits per heavy atom. The van der Waals surface area contributed by atoms with E-state index in [0.29, 0.717) is 43.9 Å². The summed E-state index contributed by atoms with van der Waals surface area (Å²) in [6.07, 6.45) is 18.8. The van der Waals surface area contributed by atoms with Gasteiger partial charge in [-0.3, -0.25) is 4.79 Å². The predicted octanol–water partition coefficient (Wildman–Crippen LogP) is 5.99. The average molecular weight is 552 g/mol. The van der Waals surface area contributed by atoms with Crippen LogP contribution in [0.3, 0.4) is 0 Å². The fraction of sp³-hybridized carbons (Fsp3) is 0.844. The summed E-state index contributed by atoms with van der Waals surface area (Å²) in [5.74, 6) is -1.16. The lowest BCUT2D eigenvalue weighted by atomic mass is 9.87. The molecule has 39 heavy (non-hydrogen) atoms. The van der Waals surface area contributed by atoms with Crippen molar-refractivity contribution < 1.29 is 30.3 Å². The zero-order chi connectivity index (χ0) is 28.5. The molecule has 7 nitrogen and oxygen atoms in total. The summed E-state index contributed by atoms with van der Waals surface area (Å²) in [7, 11) is 0. The Hall–Kier alpha value is -1.41. The Kier molecular flexibility index (Phi) is 16.3. The van der Waals surface area contributed by atoms with E-state index >= 15 is 0 Å². The maximum Gasteiger partial charge on any atom is 0.309 e. The number of carboxylic acids is 1. The SMILES string of the molecule is CCCCCCCC(O)CCCCCCC(C(=O)O)C(O)CCC1(O)CC(CCCO)C(Cc2cc[nH]c2)C1. The van der Waals surface area contributed by atoms with E-state index in [4.69, 9.17) is 0 Å². The Labute approximate surface area is 236 Å². The van der Waals surface area contributed by atoms with Gasteiger partial charge in [-0.15, -0.1) is 0 Å². The lowest BCUT2D eigenvalue weighted by Gasteiger charge is -2.26. The van der Waals surface area contributed by atoms with E-state index in [1.54, 1.807) is 0 Å². The summed E-state index contributed by atoms with van der Waals surface area (Å²) >= 11 is 0. The Bertz CT molecular complexity index is 756. The van der Waals surface area contributed by atoms with Crippen LogP contribution in [0, 0.1) is 17.8 Å². The van der Waals surface area contributed by atoms with Gasteiger partial charge in [-0.1, -0.05) is 64.7 Å². The number of aliphatic hydroxyl groups is 4. The number of carbonyl (C=O) groups is 1. The maximum absolute atomic E-state index is 11.9.